The summed E-state index contributed by atoms with van der Waals surface area (Å²) < 4.78 is 0.756. The van der Waals surface area contributed by atoms with E-state index >= 15 is 0 Å². The topological polar surface area (TPSA) is 79.1 Å². The van der Waals surface area contributed by atoms with Crippen molar-refractivity contribution in [1.29, 1.82) is 0 Å². The first-order valence-corrected chi connectivity index (χ1v) is 6.95. The average Bonchev–Trinajstić information content (AvgIpc) is 2.39. The van der Waals surface area contributed by atoms with Crippen molar-refractivity contribution in [2.75, 3.05) is 36.9 Å². The van der Waals surface area contributed by atoms with Crippen LogP contribution in [0.2, 0.25) is 0 Å². The highest BCUT2D eigenvalue weighted by molar-refractivity contribution is 9.10. The van der Waals surface area contributed by atoms with E-state index in [2.05, 4.69) is 55.4 Å². The normalized spacial score (nSPS) is 10.7. The first-order chi connectivity index (χ1) is 8.72. The van der Waals surface area contributed by atoms with Crippen molar-refractivity contribution < 1.29 is 0 Å². The van der Waals surface area contributed by atoms with Gasteiger partial charge in [-0.2, -0.15) is 0 Å². The van der Waals surface area contributed by atoms with Gasteiger partial charge in [-0.3, -0.25) is 0 Å². The van der Waals surface area contributed by atoms with Crippen molar-refractivity contribution in [1.82, 2.24) is 14.9 Å². The number of nitrogen functional groups attached to an aromatic ring is 1. The molecule has 0 saturated carbocycles. The average molecular weight is 317 g/mol. The molecule has 1 aromatic rings. The Labute approximate surface area is 116 Å². The van der Waals surface area contributed by atoms with Crippen molar-refractivity contribution in [3.8, 4) is 0 Å². The molecule has 0 aliphatic rings. The number of halogens is 1. The number of hydrogen-bond donors (Lipinski definition) is 3. The third kappa shape index (κ3) is 4.40. The minimum Gasteiger partial charge on any atom is -0.368 e. The lowest BCUT2D eigenvalue weighted by Crippen LogP contribution is -2.29. The predicted octanol–water partition coefficient (Wildman–Crippen LogP) is 1.67. The van der Waals surface area contributed by atoms with Crippen LogP contribution in [0, 0.1) is 0 Å². The molecule has 0 bridgehead atoms. The smallest absolute Gasteiger partial charge is 0.159 e. The Morgan fingerprint density at radius 1 is 1.28 bits per heavy atom. The maximum absolute atomic E-state index is 5.35. The summed E-state index contributed by atoms with van der Waals surface area (Å²) in [6.07, 6.45) is 2.65. The number of nitrogens with two attached hydrogens (primary N) is 1. The highest BCUT2D eigenvalue weighted by Gasteiger charge is 2.07. The van der Waals surface area contributed by atoms with Crippen LogP contribution in [0.1, 0.15) is 20.3 Å². The van der Waals surface area contributed by atoms with Gasteiger partial charge >= 0.3 is 0 Å². The summed E-state index contributed by atoms with van der Waals surface area (Å²) >= 11 is 3.41. The highest BCUT2D eigenvalue weighted by atomic mass is 79.9. The molecule has 102 valence electrons. The maximum atomic E-state index is 5.35. The summed E-state index contributed by atoms with van der Waals surface area (Å²) in [4.78, 5) is 10.6. The van der Waals surface area contributed by atoms with Gasteiger partial charge in [-0.05, 0) is 35.4 Å². The Kier molecular flexibility index (Phi) is 6.92. The molecule has 4 N–H and O–H groups in total. The van der Waals surface area contributed by atoms with Crippen molar-refractivity contribution in [3.05, 3.63) is 10.8 Å². The second-order valence-electron chi connectivity index (χ2n) is 3.89. The Balaban J connectivity index is 2.48. The second kappa shape index (κ2) is 8.23. The third-order valence-corrected chi connectivity index (χ3v) is 3.38. The first kappa shape index (κ1) is 15.1. The van der Waals surface area contributed by atoms with Crippen LogP contribution in [0.3, 0.4) is 0 Å². The number of hydrogen-bond acceptors (Lipinski definition) is 6. The van der Waals surface area contributed by atoms with Gasteiger partial charge in [0, 0.05) is 13.1 Å². The molecule has 6 nitrogen and oxygen atoms in total. The Morgan fingerprint density at radius 3 is 2.61 bits per heavy atom. The van der Waals surface area contributed by atoms with Gasteiger partial charge in [0.1, 0.15) is 16.6 Å². The van der Waals surface area contributed by atoms with Gasteiger partial charge in [0.05, 0.1) is 0 Å². The quantitative estimate of drug-likeness (QED) is 0.500. The van der Waals surface area contributed by atoms with E-state index in [0.717, 1.165) is 36.5 Å². The first-order valence-electron chi connectivity index (χ1n) is 6.16. The molecule has 1 rings (SSSR count). The van der Waals surface area contributed by atoms with E-state index < -0.39 is 0 Å². The zero-order valence-corrected chi connectivity index (χ0v) is 12.5. The fourth-order valence-corrected chi connectivity index (χ4v) is 2.13. The van der Waals surface area contributed by atoms with Gasteiger partial charge in [0.2, 0.25) is 0 Å². The van der Waals surface area contributed by atoms with Crippen molar-refractivity contribution in [3.63, 3.8) is 0 Å². The van der Waals surface area contributed by atoms with E-state index in [-0.39, 0.29) is 0 Å². The van der Waals surface area contributed by atoms with E-state index in [1.165, 1.54) is 12.7 Å². The molecule has 0 spiro atoms. The highest BCUT2D eigenvalue weighted by Crippen LogP contribution is 2.25. The Morgan fingerprint density at radius 2 is 2.00 bits per heavy atom. The fourth-order valence-electron chi connectivity index (χ4n) is 1.67. The van der Waals surface area contributed by atoms with Crippen LogP contribution in [-0.2, 0) is 0 Å². The molecule has 1 heterocycles. The number of nitrogens with zero attached hydrogens (tertiary/aromatic N) is 3. The number of anilines is 2. The molecule has 0 saturated heterocycles. The molecule has 0 fully saturated rings. The summed E-state index contributed by atoms with van der Waals surface area (Å²) in [5.41, 5.74) is 2.52. The molecule has 0 unspecified atom stereocenters. The molecular formula is C11H21BrN6. The zero-order chi connectivity index (χ0) is 13.4. The van der Waals surface area contributed by atoms with Crippen LogP contribution in [0.25, 0.3) is 0 Å². The van der Waals surface area contributed by atoms with Gasteiger partial charge in [-0.25, -0.2) is 15.8 Å². The second-order valence-corrected chi connectivity index (χ2v) is 4.68. The van der Waals surface area contributed by atoms with Gasteiger partial charge in [0.25, 0.3) is 0 Å². The maximum Gasteiger partial charge on any atom is 0.159 e. The molecule has 0 aliphatic heterocycles. The Hall–Kier alpha value is -0.920. The standard InChI is InChI=1S/C11H21BrN6/c1-3-6-18(4-2)7-5-14-10-9(12)11(17-13)16-8-15-10/h8H,3-7,13H2,1-2H3,(H2,14,15,16,17). The molecule has 0 aliphatic carbocycles. The molecular weight excluding hydrogens is 296 g/mol. The lowest BCUT2D eigenvalue weighted by molar-refractivity contribution is 0.300. The van der Waals surface area contributed by atoms with Crippen molar-refractivity contribution >= 4 is 27.6 Å². The largest absolute Gasteiger partial charge is 0.368 e. The predicted molar refractivity (Wildman–Crippen MR) is 78.4 cm³/mol. The summed E-state index contributed by atoms with van der Waals surface area (Å²) in [6, 6.07) is 0. The van der Waals surface area contributed by atoms with Crippen LogP contribution >= 0.6 is 15.9 Å². The molecule has 18 heavy (non-hydrogen) atoms. The minimum absolute atomic E-state index is 0.577. The van der Waals surface area contributed by atoms with Crippen LogP contribution in [-0.4, -0.2) is 41.0 Å². The molecule has 0 aromatic carbocycles. The van der Waals surface area contributed by atoms with Crippen LogP contribution in [0.4, 0.5) is 11.6 Å². The zero-order valence-electron chi connectivity index (χ0n) is 10.9. The fraction of sp³-hybridized carbons (Fsp3) is 0.636. The number of likely N-dealkylation sites (N-methyl/N-ethyl adjacent to an activating group) is 1. The van der Waals surface area contributed by atoms with Crippen molar-refractivity contribution in [2.24, 2.45) is 5.84 Å². The Bertz CT molecular complexity index is 359. The summed E-state index contributed by atoms with van der Waals surface area (Å²) in [7, 11) is 0. The van der Waals surface area contributed by atoms with E-state index in [0.29, 0.717) is 5.82 Å². The van der Waals surface area contributed by atoms with Crippen LogP contribution in [0.5, 0.6) is 0 Å². The van der Waals surface area contributed by atoms with Crippen molar-refractivity contribution in [2.45, 2.75) is 20.3 Å². The summed E-state index contributed by atoms with van der Waals surface area (Å²) in [6.45, 7) is 8.39. The molecule has 1 aromatic heterocycles. The minimum atomic E-state index is 0.577. The molecule has 7 heteroatoms. The van der Waals surface area contributed by atoms with Crippen LogP contribution < -0.4 is 16.6 Å². The van der Waals surface area contributed by atoms with Gasteiger partial charge in [-0.1, -0.05) is 13.8 Å². The molecule has 0 atom stereocenters. The lowest BCUT2D eigenvalue weighted by Gasteiger charge is -2.20. The molecule has 0 radical (unpaired) electrons. The number of aromatic nitrogens is 2. The number of rotatable bonds is 8. The third-order valence-electron chi connectivity index (χ3n) is 2.63. The van der Waals surface area contributed by atoms with E-state index in [1.54, 1.807) is 0 Å². The SMILES string of the molecule is CCCN(CC)CCNc1ncnc(NN)c1Br. The van der Waals surface area contributed by atoms with E-state index in [1.807, 2.05) is 0 Å². The molecule has 0 amide bonds. The summed E-state index contributed by atoms with van der Waals surface area (Å²) in [5, 5.41) is 3.28. The number of nitrogens with one attached hydrogen (secondary N) is 2. The number of hydrazine groups is 1. The summed E-state index contributed by atoms with van der Waals surface area (Å²) in [5.74, 6) is 6.68. The van der Waals surface area contributed by atoms with Gasteiger partial charge in [0.15, 0.2) is 5.82 Å². The monoisotopic (exact) mass is 316 g/mol. The van der Waals surface area contributed by atoms with Crippen LogP contribution in [0.15, 0.2) is 10.8 Å². The van der Waals surface area contributed by atoms with E-state index in [4.69, 9.17) is 5.84 Å². The van der Waals surface area contributed by atoms with E-state index in [9.17, 15) is 0 Å². The van der Waals surface area contributed by atoms with Gasteiger partial charge in [-0.15, -0.1) is 0 Å². The van der Waals surface area contributed by atoms with Gasteiger partial charge < -0.3 is 15.6 Å². The lowest BCUT2D eigenvalue weighted by atomic mass is 10.4.